The zero-order valence-electron chi connectivity index (χ0n) is 9.61. The standard InChI is InChI=1S/C10H11NO2.C2H6/c1-3-7-5-6-9(10(12)13)11-8(7)4-2;1-2/h3-6H,1-2H3,(H,12,13);1-2H3/b7-3-,8-4+;. The Balaban J connectivity index is 0.000000921. The fraction of sp³-hybridized carbons (Fsp3) is 0.333. The summed E-state index contributed by atoms with van der Waals surface area (Å²) in [5.74, 6) is -0.995. The molecule has 3 heteroatoms. The lowest BCUT2D eigenvalue weighted by Crippen LogP contribution is -2.29. The summed E-state index contributed by atoms with van der Waals surface area (Å²) in [5.41, 5.74) is 0.0821. The van der Waals surface area contributed by atoms with Crippen LogP contribution in [-0.4, -0.2) is 16.1 Å². The molecule has 15 heavy (non-hydrogen) atoms. The van der Waals surface area contributed by atoms with Gasteiger partial charge in [0, 0.05) is 0 Å². The van der Waals surface area contributed by atoms with Gasteiger partial charge in [-0.05, 0) is 25.1 Å². The first-order chi connectivity index (χ1) is 7.19. The summed E-state index contributed by atoms with van der Waals surface area (Å²) < 4.78 is 0. The summed E-state index contributed by atoms with van der Waals surface area (Å²) in [6.45, 7) is 7.73. The quantitative estimate of drug-likeness (QED) is 0.757. The van der Waals surface area contributed by atoms with E-state index in [1.807, 2.05) is 33.8 Å². The van der Waals surface area contributed by atoms with Gasteiger partial charge in [0.25, 0.3) is 0 Å². The van der Waals surface area contributed by atoms with Gasteiger partial charge in [-0.1, -0.05) is 32.1 Å². The van der Waals surface area contributed by atoms with Crippen LogP contribution < -0.4 is 10.6 Å². The monoisotopic (exact) mass is 207 g/mol. The lowest BCUT2D eigenvalue weighted by atomic mass is 10.2. The van der Waals surface area contributed by atoms with Crippen molar-refractivity contribution in [3.8, 4) is 0 Å². The Morgan fingerprint density at radius 3 is 2.27 bits per heavy atom. The fourth-order valence-corrected chi connectivity index (χ4v) is 1.08. The van der Waals surface area contributed by atoms with Crippen molar-refractivity contribution in [2.24, 2.45) is 0 Å². The predicted octanol–water partition coefficient (Wildman–Crippen LogP) is 1.41. The summed E-state index contributed by atoms with van der Waals surface area (Å²) in [6, 6.07) is 3.26. The molecule has 0 radical (unpaired) electrons. The average Bonchev–Trinajstić information content (AvgIpc) is 2.30. The number of nitrogens with zero attached hydrogens (tertiary/aromatic N) is 1. The number of aromatic nitrogens is 1. The Bertz CT molecular complexity index is 435. The molecule has 3 nitrogen and oxygen atoms in total. The minimum Gasteiger partial charge on any atom is -0.477 e. The van der Waals surface area contributed by atoms with Crippen LogP contribution in [0.3, 0.4) is 0 Å². The zero-order valence-corrected chi connectivity index (χ0v) is 9.61. The van der Waals surface area contributed by atoms with Crippen LogP contribution in [0.2, 0.25) is 0 Å². The van der Waals surface area contributed by atoms with E-state index in [0.717, 1.165) is 5.22 Å². The van der Waals surface area contributed by atoms with Crippen LogP contribution in [0.25, 0.3) is 12.2 Å². The summed E-state index contributed by atoms with van der Waals surface area (Å²) in [7, 11) is 0. The molecule has 1 aromatic rings. The maximum atomic E-state index is 10.6. The van der Waals surface area contributed by atoms with E-state index in [9.17, 15) is 4.79 Å². The Morgan fingerprint density at radius 2 is 1.87 bits per heavy atom. The molecule has 0 unspecified atom stereocenters. The zero-order chi connectivity index (χ0) is 11.8. The number of aromatic carboxylic acids is 1. The first-order valence-corrected chi connectivity index (χ1v) is 5.02. The highest BCUT2D eigenvalue weighted by Crippen LogP contribution is 1.86. The van der Waals surface area contributed by atoms with Crippen LogP contribution in [-0.2, 0) is 0 Å². The van der Waals surface area contributed by atoms with E-state index < -0.39 is 5.97 Å². The highest BCUT2D eigenvalue weighted by Gasteiger charge is 2.01. The third-order valence-electron chi connectivity index (χ3n) is 1.76. The summed E-state index contributed by atoms with van der Waals surface area (Å²) in [6.07, 6.45) is 3.69. The number of carboxylic acid groups (broad SMARTS) is 1. The van der Waals surface area contributed by atoms with E-state index in [-0.39, 0.29) is 5.69 Å². The van der Waals surface area contributed by atoms with E-state index in [1.165, 1.54) is 6.07 Å². The van der Waals surface area contributed by atoms with Gasteiger partial charge in [-0.25, -0.2) is 9.78 Å². The maximum absolute atomic E-state index is 10.6. The van der Waals surface area contributed by atoms with Crippen molar-refractivity contribution in [3.63, 3.8) is 0 Å². The molecule has 0 aromatic carbocycles. The molecule has 0 saturated heterocycles. The maximum Gasteiger partial charge on any atom is 0.354 e. The molecular formula is C12H17NO2. The smallest absolute Gasteiger partial charge is 0.354 e. The molecule has 82 valence electrons. The summed E-state index contributed by atoms with van der Waals surface area (Å²) >= 11 is 0. The van der Waals surface area contributed by atoms with Gasteiger partial charge in [-0.2, -0.15) is 0 Å². The van der Waals surface area contributed by atoms with E-state index in [0.29, 0.717) is 5.35 Å². The predicted molar refractivity (Wildman–Crippen MR) is 62.1 cm³/mol. The number of hydrogen-bond acceptors (Lipinski definition) is 2. The van der Waals surface area contributed by atoms with Crippen LogP contribution in [0.1, 0.15) is 38.2 Å². The summed E-state index contributed by atoms with van der Waals surface area (Å²) in [5, 5.41) is 10.3. The molecular weight excluding hydrogens is 190 g/mol. The Labute approximate surface area is 89.8 Å². The van der Waals surface area contributed by atoms with Gasteiger partial charge in [0.15, 0.2) is 0 Å². The lowest BCUT2D eigenvalue weighted by Gasteiger charge is -1.93. The number of pyridine rings is 1. The van der Waals surface area contributed by atoms with Crippen molar-refractivity contribution in [1.82, 2.24) is 4.98 Å². The van der Waals surface area contributed by atoms with Crippen molar-refractivity contribution in [2.45, 2.75) is 27.7 Å². The van der Waals surface area contributed by atoms with Crippen LogP contribution in [0.4, 0.5) is 0 Å². The Kier molecular flexibility index (Phi) is 6.02. The number of carbonyl (C=O) groups is 1. The second kappa shape index (κ2) is 6.76. The first-order valence-electron chi connectivity index (χ1n) is 5.02. The third kappa shape index (κ3) is 3.54. The van der Waals surface area contributed by atoms with Crippen molar-refractivity contribution >= 4 is 18.1 Å². The van der Waals surface area contributed by atoms with Crippen LogP contribution in [0.5, 0.6) is 0 Å². The van der Waals surface area contributed by atoms with Crippen LogP contribution >= 0.6 is 0 Å². The lowest BCUT2D eigenvalue weighted by molar-refractivity contribution is 0.0690. The fourth-order valence-electron chi connectivity index (χ4n) is 1.08. The van der Waals surface area contributed by atoms with Gasteiger partial charge in [-0.3, -0.25) is 0 Å². The van der Waals surface area contributed by atoms with Gasteiger partial charge in [0.2, 0.25) is 0 Å². The second-order valence-electron chi connectivity index (χ2n) is 2.55. The number of carboxylic acids is 1. The minimum absolute atomic E-state index is 0.0821. The van der Waals surface area contributed by atoms with Gasteiger partial charge in [0.05, 0.1) is 5.35 Å². The molecule has 0 atom stereocenters. The van der Waals surface area contributed by atoms with Crippen LogP contribution in [0.15, 0.2) is 12.1 Å². The molecule has 1 heterocycles. The first kappa shape index (κ1) is 13.4. The molecule has 0 saturated carbocycles. The molecule has 1 rings (SSSR count). The summed E-state index contributed by atoms with van der Waals surface area (Å²) in [4.78, 5) is 14.6. The van der Waals surface area contributed by atoms with Crippen LogP contribution in [0, 0.1) is 0 Å². The molecule has 1 N–H and O–H groups in total. The Hall–Kier alpha value is -1.64. The van der Waals surface area contributed by atoms with E-state index in [1.54, 1.807) is 12.1 Å². The minimum atomic E-state index is -0.995. The van der Waals surface area contributed by atoms with Crippen molar-refractivity contribution < 1.29 is 9.90 Å². The van der Waals surface area contributed by atoms with Crippen molar-refractivity contribution in [1.29, 1.82) is 0 Å². The van der Waals surface area contributed by atoms with E-state index in [4.69, 9.17) is 5.11 Å². The molecule has 0 aliphatic carbocycles. The largest absolute Gasteiger partial charge is 0.477 e. The van der Waals surface area contributed by atoms with Gasteiger partial charge in [-0.15, -0.1) is 0 Å². The topological polar surface area (TPSA) is 50.2 Å². The molecule has 0 spiro atoms. The third-order valence-corrected chi connectivity index (χ3v) is 1.76. The van der Waals surface area contributed by atoms with E-state index >= 15 is 0 Å². The van der Waals surface area contributed by atoms with Crippen molar-refractivity contribution in [3.05, 3.63) is 28.4 Å². The van der Waals surface area contributed by atoms with Gasteiger partial charge < -0.3 is 5.11 Å². The molecule has 0 fully saturated rings. The molecule has 0 amide bonds. The average molecular weight is 207 g/mol. The Morgan fingerprint density at radius 1 is 1.27 bits per heavy atom. The SMILES string of the molecule is C/C=c1/ccc(C(=O)O)n/c1=C/C.CC. The van der Waals surface area contributed by atoms with E-state index in [2.05, 4.69) is 4.98 Å². The second-order valence-corrected chi connectivity index (χ2v) is 2.55. The van der Waals surface area contributed by atoms with Gasteiger partial charge in [0.1, 0.15) is 5.69 Å². The van der Waals surface area contributed by atoms with Crippen molar-refractivity contribution in [2.75, 3.05) is 0 Å². The van der Waals surface area contributed by atoms with Gasteiger partial charge >= 0.3 is 5.97 Å². The molecule has 1 aromatic heterocycles. The molecule has 0 bridgehead atoms. The highest BCUT2D eigenvalue weighted by atomic mass is 16.4. The molecule has 0 aliphatic rings. The molecule has 0 aliphatic heterocycles. The normalized spacial score (nSPS) is 12.0. The number of rotatable bonds is 1. The number of hydrogen-bond donors (Lipinski definition) is 1. The highest BCUT2D eigenvalue weighted by molar-refractivity contribution is 5.85.